The lowest BCUT2D eigenvalue weighted by molar-refractivity contribution is -0.123. The molecule has 0 radical (unpaired) electrons. The number of hydrogen-bond donors (Lipinski definition) is 3. The van der Waals surface area contributed by atoms with Crippen molar-refractivity contribution in [3.05, 3.63) is 35.9 Å². The van der Waals surface area contributed by atoms with E-state index in [-0.39, 0.29) is 17.2 Å². The predicted octanol–water partition coefficient (Wildman–Crippen LogP) is 1.90. The maximum absolute atomic E-state index is 12.4. The van der Waals surface area contributed by atoms with Gasteiger partial charge in [0.2, 0.25) is 5.91 Å². The number of carbonyl (C=O) groups excluding carboxylic acids is 1. The second-order valence-electron chi connectivity index (χ2n) is 5.84. The van der Waals surface area contributed by atoms with Crippen LogP contribution in [0.4, 0.5) is 0 Å². The molecule has 5 heteroatoms. The summed E-state index contributed by atoms with van der Waals surface area (Å²) in [5.41, 5.74) is 6.96. The number of nitrogens with one attached hydrogen (secondary N) is 1. The first-order chi connectivity index (χ1) is 10.1. The number of rotatable bonds is 7. The molecule has 1 aliphatic rings. The summed E-state index contributed by atoms with van der Waals surface area (Å²) >= 11 is 0. The normalized spacial score (nSPS) is 18.0. The largest absolute Gasteiger partial charge is 0.409 e. The van der Waals surface area contributed by atoms with Crippen LogP contribution in [0.15, 0.2) is 35.5 Å². The molecule has 2 rings (SSSR count). The summed E-state index contributed by atoms with van der Waals surface area (Å²) in [5, 5.41) is 14.9. The maximum atomic E-state index is 12.4. The summed E-state index contributed by atoms with van der Waals surface area (Å²) in [6.07, 6.45) is 3.83. The Labute approximate surface area is 125 Å². The van der Waals surface area contributed by atoms with Crippen molar-refractivity contribution in [3.63, 3.8) is 0 Å². The molecule has 0 spiro atoms. The Balaban J connectivity index is 2.00. The van der Waals surface area contributed by atoms with Gasteiger partial charge in [0, 0.05) is 6.54 Å². The molecular weight excluding hydrogens is 266 g/mol. The van der Waals surface area contributed by atoms with Crippen molar-refractivity contribution in [1.29, 1.82) is 0 Å². The van der Waals surface area contributed by atoms with Crippen LogP contribution < -0.4 is 11.1 Å². The van der Waals surface area contributed by atoms with Gasteiger partial charge in [0.25, 0.3) is 0 Å². The minimum absolute atomic E-state index is 0.0438. The van der Waals surface area contributed by atoms with Crippen LogP contribution >= 0.6 is 0 Å². The van der Waals surface area contributed by atoms with E-state index in [1.807, 2.05) is 30.3 Å². The minimum Gasteiger partial charge on any atom is -0.409 e. The quantitative estimate of drug-likeness (QED) is 0.310. The fourth-order valence-corrected chi connectivity index (χ4v) is 2.48. The van der Waals surface area contributed by atoms with Crippen molar-refractivity contribution < 1.29 is 10.0 Å². The molecule has 5 nitrogen and oxygen atoms in total. The molecule has 1 aliphatic carbocycles. The summed E-state index contributed by atoms with van der Waals surface area (Å²) in [5.74, 6) is -0.850. The van der Waals surface area contributed by atoms with E-state index >= 15 is 0 Å². The lowest BCUT2D eigenvalue weighted by atomic mass is 9.96. The first-order valence-electron chi connectivity index (χ1n) is 7.39. The van der Waals surface area contributed by atoms with Crippen LogP contribution in [0.2, 0.25) is 0 Å². The van der Waals surface area contributed by atoms with Crippen LogP contribution in [0.5, 0.6) is 0 Å². The summed E-state index contributed by atoms with van der Waals surface area (Å²) in [6.45, 7) is 2.82. The van der Waals surface area contributed by atoms with E-state index in [4.69, 9.17) is 10.9 Å². The van der Waals surface area contributed by atoms with E-state index in [0.29, 0.717) is 13.0 Å². The van der Waals surface area contributed by atoms with E-state index in [2.05, 4.69) is 17.4 Å². The lowest BCUT2D eigenvalue weighted by Gasteiger charge is -2.18. The molecule has 1 fully saturated rings. The number of oxime groups is 1. The highest BCUT2D eigenvalue weighted by atomic mass is 16.4. The summed E-state index contributed by atoms with van der Waals surface area (Å²) in [6, 6.07) is 9.60. The molecule has 1 saturated carbocycles. The summed E-state index contributed by atoms with van der Waals surface area (Å²) < 4.78 is 0. The number of carbonyl (C=O) groups is 1. The molecule has 0 saturated heterocycles. The van der Waals surface area contributed by atoms with E-state index < -0.39 is 5.92 Å². The molecule has 0 aliphatic heterocycles. The zero-order chi connectivity index (χ0) is 15.3. The molecule has 4 N–H and O–H groups in total. The van der Waals surface area contributed by atoms with Crippen molar-refractivity contribution in [1.82, 2.24) is 5.32 Å². The Kier molecular flexibility index (Phi) is 4.83. The average Bonchev–Trinajstić information content (AvgIpc) is 3.31. The summed E-state index contributed by atoms with van der Waals surface area (Å²) in [7, 11) is 0. The molecule has 1 atom stereocenters. The van der Waals surface area contributed by atoms with Crippen LogP contribution in [0.3, 0.4) is 0 Å². The fraction of sp³-hybridized carbons (Fsp3) is 0.500. The third kappa shape index (κ3) is 3.97. The molecule has 1 amide bonds. The van der Waals surface area contributed by atoms with Crippen LogP contribution in [0.1, 0.15) is 31.7 Å². The molecule has 1 aromatic rings. The zero-order valence-corrected chi connectivity index (χ0v) is 12.4. The standard InChI is InChI=1S/C16H23N3O2/c1-2-16(8-9-16)11-18-15(20)13(14(17)19-21)10-12-6-4-3-5-7-12/h3-7,13,21H,2,8-11H2,1H3,(H2,17,19)(H,18,20). The van der Waals surface area contributed by atoms with Gasteiger partial charge in [-0.2, -0.15) is 0 Å². The molecule has 21 heavy (non-hydrogen) atoms. The Morgan fingerprint density at radius 1 is 1.43 bits per heavy atom. The van der Waals surface area contributed by atoms with E-state index in [0.717, 1.165) is 24.8 Å². The van der Waals surface area contributed by atoms with Gasteiger partial charge in [-0.25, -0.2) is 0 Å². The van der Waals surface area contributed by atoms with Gasteiger partial charge in [0.1, 0.15) is 5.92 Å². The van der Waals surface area contributed by atoms with Gasteiger partial charge in [-0.3, -0.25) is 4.79 Å². The number of amidine groups is 1. The van der Waals surface area contributed by atoms with Crippen molar-refractivity contribution in [3.8, 4) is 0 Å². The van der Waals surface area contributed by atoms with Gasteiger partial charge >= 0.3 is 0 Å². The molecule has 0 heterocycles. The number of nitrogens with two attached hydrogens (primary N) is 1. The van der Waals surface area contributed by atoms with E-state index in [9.17, 15) is 4.79 Å². The summed E-state index contributed by atoms with van der Waals surface area (Å²) in [4.78, 5) is 12.4. The Bertz CT molecular complexity index is 510. The van der Waals surface area contributed by atoms with Crippen LogP contribution in [-0.4, -0.2) is 23.5 Å². The molecular formula is C16H23N3O2. The molecule has 114 valence electrons. The average molecular weight is 289 g/mol. The first kappa shape index (κ1) is 15.4. The van der Waals surface area contributed by atoms with Gasteiger partial charge in [-0.05, 0) is 36.7 Å². The topological polar surface area (TPSA) is 87.7 Å². The van der Waals surface area contributed by atoms with Crippen molar-refractivity contribution in [2.45, 2.75) is 32.6 Å². The predicted molar refractivity (Wildman–Crippen MR) is 82.0 cm³/mol. The lowest BCUT2D eigenvalue weighted by Crippen LogP contribution is -2.42. The van der Waals surface area contributed by atoms with Crippen molar-refractivity contribution in [2.75, 3.05) is 6.54 Å². The highest BCUT2D eigenvalue weighted by Gasteiger charge is 2.41. The third-order valence-electron chi connectivity index (χ3n) is 4.42. The van der Waals surface area contributed by atoms with Gasteiger partial charge < -0.3 is 16.3 Å². The van der Waals surface area contributed by atoms with Crippen molar-refractivity contribution >= 4 is 11.7 Å². The van der Waals surface area contributed by atoms with Crippen LogP contribution in [0, 0.1) is 11.3 Å². The maximum Gasteiger partial charge on any atom is 0.231 e. The Hall–Kier alpha value is -2.04. The zero-order valence-electron chi connectivity index (χ0n) is 12.4. The smallest absolute Gasteiger partial charge is 0.231 e. The van der Waals surface area contributed by atoms with Crippen LogP contribution in [-0.2, 0) is 11.2 Å². The van der Waals surface area contributed by atoms with Gasteiger partial charge in [-0.15, -0.1) is 0 Å². The number of hydrogen-bond acceptors (Lipinski definition) is 3. The van der Waals surface area contributed by atoms with Gasteiger partial charge in [0.15, 0.2) is 5.84 Å². The van der Waals surface area contributed by atoms with Crippen LogP contribution in [0.25, 0.3) is 0 Å². The molecule has 1 aromatic carbocycles. The highest BCUT2D eigenvalue weighted by Crippen LogP contribution is 2.47. The van der Waals surface area contributed by atoms with E-state index in [1.54, 1.807) is 0 Å². The second-order valence-corrected chi connectivity index (χ2v) is 5.84. The minimum atomic E-state index is -0.634. The molecule has 0 aromatic heterocycles. The second kappa shape index (κ2) is 6.61. The van der Waals surface area contributed by atoms with Crippen molar-refractivity contribution in [2.24, 2.45) is 22.2 Å². The fourth-order valence-electron chi connectivity index (χ4n) is 2.48. The van der Waals surface area contributed by atoms with Gasteiger partial charge in [0.05, 0.1) is 0 Å². The highest BCUT2D eigenvalue weighted by molar-refractivity contribution is 6.02. The monoisotopic (exact) mass is 289 g/mol. The third-order valence-corrected chi connectivity index (χ3v) is 4.42. The number of benzene rings is 1. The van der Waals surface area contributed by atoms with Gasteiger partial charge in [-0.1, -0.05) is 42.4 Å². The number of nitrogens with zero attached hydrogens (tertiary/aromatic N) is 1. The Morgan fingerprint density at radius 3 is 2.62 bits per heavy atom. The first-order valence-corrected chi connectivity index (χ1v) is 7.39. The number of amides is 1. The molecule has 0 bridgehead atoms. The SMILES string of the molecule is CCC1(CNC(=O)C(Cc2ccccc2)/C(N)=N/O)CC1. The molecule has 1 unspecified atom stereocenters. The van der Waals surface area contributed by atoms with E-state index in [1.165, 1.54) is 0 Å². The Morgan fingerprint density at radius 2 is 2.10 bits per heavy atom.